The predicted octanol–water partition coefficient (Wildman–Crippen LogP) is 3.44. The third kappa shape index (κ3) is 2.29. The molecule has 0 aliphatic heterocycles. The van der Waals surface area contributed by atoms with E-state index in [1.54, 1.807) is 0 Å². The Balaban J connectivity index is 1.76. The van der Waals surface area contributed by atoms with Gasteiger partial charge in [-0.3, -0.25) is 4.79 Å². The topological polar surface area (TPSA) is 29.1 Å². The van der Waals surface area contributed by atoms with E-state index in [2.05, 4.69) is 5.32 Å². The molecule has 96 valence electrons. The van der Waals surface area contributed by atoms with E-state index in [0.29, 0.717) is 0 Å². The molecule has 0 saturated heterocycles. The third-order valence-corrected chi connectivity index (χ3v) is 5.19. The maximum atomic E-state index is 11.8. The van der Waals surface area contributed by atoms with E-state index in [0.717, 1.165) is 37.0 Å². The zero-order chi connectivity index (χ0) is 12.3. The van der Waals surface area contributed by atoms with Crippen LogP contribution in [-0.2, 0) is 4.79 Å². The molecular formula is C12H16Cl3NO. The van der Waals surface area contributed by atoms with Crippen LogP contribution in [0.5, 0.6) is 0 Å². The molecule has 4 saturated carbocycles. The Morgan fingerprint density at radius 2 is 1.41 bits per heavy atom. The molecule has 0 heterocycles. The van der Waals surface area contributed by atoms with Crippen molar-refractivity contribution in [1.29, 1.82) is 0 Å². The number of rotatable bonds is 1. The summed E-state index contributed by atoms with van der Waals surface area (Å²) in [6.45, 7) is 0. The fraction of sp³-hybridized carbons (Fsp3) is 0.917. The molecule has 0 aromatic heterocycles. The van der Waals surface area contributed by atoms with E-state index < -0.39 is 9.70 Å². The van der Waals surface area contributed by atoms with Crippen LogP contribution >= 0.6 is 34.8 Å². The standard InChI is InChI=1S/C12H16Cl3NO/c13-12(14,15)10(17)16-11-4-7-1-8(5-11)3-9(2-7)6-11/h7-9H,1-6H2,(H,16,17). The number of hydrogen-bond acceptors (Lipinski definition) is 1. The molecule has 4 fully saturated rings. The lowest BCUT2D eigenvalue weighted by atomic mass is 9.53. The number of halogens is 3. The molecule has 4 rings (SSSR count). The van der Waals surface area contributed by atoms with Gasteiger partial charge in [-0.15, -0.1) is 0 Å². The van der Waals surface area contributed by atoms with Gasteiger partial charge >= 0.3 is 0 Å². The monoisotopic (exact) mass is 295 g/mol. The van der Waals surface area contributed by atoms with Crippen LogP contribution in [-0.4, -0.2) is 15.2 Å². The lowest BCUT2D eigenvalue weighted by Crippen LogP contribution is -2.61. The van der Waals surface area contributed by atoms with Gasteiger partial charge in [0.2, 0.25) is 0 Å². The maximum absolute atomic E-state index is 11.8. The van der Waals surface area contributed by atoms with Crippen LogP contribution in [0, 0.1) is 17.8 Å². The minimum absolute atomic E-state index is 0.0737. The molecule has 1 amide bonds. The molecule has 17 heavy (non-hydrogen) atoms. The molecule has 0 spiro atoms. The normalized spacial score (nSPS) is 43.8. The Kier molecular flexibility index (Phi) is 2.85. The van der Waals surface area contributed by atoms with E-state index in [1.165, 1.54) is 19.3 Å². The highest BCUT2D eigenvalue weighted by Gasteiger charge is 2.52. The molecule has 4 bridgehead atoms. The number of amides is 1. The minimum atomic E-state index is -1.83. The summed E-state index contributed by atoms with van der Waals surface area (Å²) in [5.41, 5.74) is -0.0737. The van der Waals surface area contributed by atoms with Gasteiger partial charge in [0.1, 0.15) is 0 Å². The first-order chi connectivity index (χ1) is 7.86. The van der Waals surface area contributed by atoms with Crippen LogP contribution in [0.3, 0.4) is 0 Å². The van der Waals surface area contributed by atoms with Crippen molar-refractivity contribution in [2.75, 3.05) is 0 Å². The van der Waals surface area contributed by atoms with Crippen molar-refractivity contribution in [2.45, 2.75) is 47.9 Å². The maximum Gasteiger partial charge on any atom is 0.272 e. The molecular weight excluding hydrogens is 280 g/mol. The number of carbonyl (C=O) groups excluding carboxylic acids is 1. The Bertz CT molecular complexity index is 315. The molecule has 5 heteroatoms. The molecule has 0 atom stereocenters. The van der Waals surface area contributed by atoms with Crippen molar-refractivity contribution < 1.29 is 4.79 Å². The summed E-state index contributed by atoms with van der Waals surface area (Å²) in [5.74, 6) is 1.87. The fourth-order valence-electron chi connectivity index (χ4n) is 4.58. The zero-order valence-corrected chi connectivity index (χ0v) is 11.8. The summed E-state index contributed by atoms with van der Waals surface area (Å²) < 4.78 is -1.83. The highest BCUT2D eigenvalue weighted by atomic mass is 35.6. The highest BCUT2D eigenvalue weighted by Crippen LogP contribution is 2.55. The van der Waals surface area contributed by atoms with Gasteiger partial charge in [0.15, 0.2) is 0 Å². The molecule has 0 unspecified atom stereocenters. The van der Waals surface area contributed by atoms with Crippen molar-refractivity contribution in [3.63, 3.8) is 0 Å². The summed E-state index contributed by atoms with van der Waals surface area (Å²) in [7, 11) is 0. The number of nitrogens with one attached hydrogen (secondary N) is 1. The van der Waals surface area contributed by atoms with Gasteiger partial charge in [-0.2, -0.15) is 0 Å². The van der Waals surface area contributed by atoms with E-state index in [-0.39, 0.29) is 5.54 Å². The van der Waals surface area contributed by atoms with Gasteiger partial charge in [-0.1, -0.05) is 34.8 Å². The summed E-state index contributed by atoms with van der Waals surface area (Å²) >= 11 is 16.9. The van der Waals surface area contributed by atoms with Crippen molar-refractivity contribution in [3.05, 3.63) is 0 Å². The summed E-state index contributed by atoms with van der Waals surface area (Å²) in [6, 6.07) is 0. The lowest BCUT2D eigenvalue weighted by Gasteiger charge is -2.57. The Labute approximate surface area is 116 Å². The molecule has 0 aromatic carbocycles. The van der Waals surface area contributed by atoms with E-state index in [9.17, 15) is 4.79 Å². The van der Waals surface area contributed by atoms with Crippen LogP contribution in [0.2, 0.25) is 0 Å². The second kappa shape index (κ2) is 3.91. The molecule has 2 nitrogen and oxygen atoms in total. The van der Waals surface area contributed by atoms with Crippen LogP contribution in [0.15, 0.2) is 0 Å². The summed E-state index contributed by atoms with van der Waals surface area (Å²) in [6.07, 6.45) is 7.23. The number of hydrogen-bond donors (Lipinski definition) is 1. The van der Waals surface area contributed by atoms with Gasteiger partial charge in [0, 0.05) is 5.54 Å². The fourth-order valence-corrected chi connectivity index (χ4v) is 4.72. The molecule has 1 N–H and O–H groups in total. The minimum Gasteiger partial charge on any atom is -0.347 e. The number of alkyl halides is 3. The first-order valence-corrected chi connectivity index (χ1v) is 7.39. The van der Waals surface area contributed by atoms with Crippen molar-refractivity contribution in [2.24, 2.45) is 17.8 Å². The van der Waals surface area contributed by atoms with Crippen molar-refractivity contribution in [3.8, 4) is 0 Å². The smallest absolute Gasteiger partial charge is 0.272 e. The predicted molar refractivity (Wildman–Crippen MR) is 69.3 cm³/mol. The molecule has 0 radical (unpaired) electrons. The Morgan fingerprint density at radius 3 is 1.76 bits per heavy atom. The van der Waals surface area contributed by atoms with Crippen LogP contribution in [0.4, 0.5) is 0 Å². The first-order valence-electron chi connectivity index (χ1n) is 6.26. The highest BCUT2D eigenvalue weighted by molar-refractivity contribution is 6.76. The second-order valence-electron chi connectivity index (χ2n) is 6.15. The number of carbonyl (C=O) groups is 1. The van der Waals surface area contributed by atoms with Gasteiger partial charge < -0.3 is 5.32 Å². The van der Waals surface area contributed by atoms with Crippen molar-refractivity contribution in [1.82, 2.24) is 5.32 Å². The van der Waals surface area contributed by atoms with E-state index in [4.69, 9.17) is 34.8 Å². The first kappa shape index (κ1) is 12.4. The van der Waals surface area contributed by atoms with Crippen LogP contribution in [0.25, 0.3) is 0 Å². The van der Waals surface area contributed by atoms with E-state index in [1.807, 2.05) is 0 Å². The Morgan fingerprint density at radius 1 is 1.00 bits per heavy atom. The zero-order valence-electron chi connectivity index (χ0n) is 9.52. The largest absolute Gasteiger partial charge is 0.347 e. The van der Waals surface area contributed by atoms with Gasteiger partial charge in [0.05, 0.1) is 0 Å². The van der Waals surface area contributed by atoms with Crippen LogP contribution in [0.1, 0.15) is 38.5 Å². The van der Waals surface area contributed by atoms with Gasteiger partial charge in [0.25, 0.3) is 9.70 Å². The average Bonchev–Trinajstić information content (AvgIpc) is 2.12. The van der Waals surface area contributed by atoms with Crippen molar-refractivity contribution >= 4 is 40.7 Å². The second-order valence-corrected chi connectivity index (χ2v) is 8.43. The average molecular weight is 297 g/mol. The third-order valence-electron chi connectivity index (χ3n) is 4.67. The molecule has 4 aliphatic carbocycles. The van der Waals surface area contributed by atoms with E-state index >= 15 is 0 Å². The van der Waals surface area contributed by atoms with Crippen LogP contribution < -0.4 is 5.32 Å². The molecule has 0 aromatic rings. The quantitative estimate of drug-likeness (QED) is 0.738. The lowest BCUT2D eigenvalue weighted by molar-refractivity contribution is -0.125. The van der Waals surface area contributed by atoms with Gasteiger partial charge in [-0.25, -0.2) is 0 Å². The summed E-state index contributed by atoms with van der Waals surface area (Å²) in [5, 5.41) is 3.03. The SMILES string of the molecule is O=C(NC12CC3CC(CC(C3)C1)C2)C(Cl)(Cl)Cl. The summed E-state index contributed by atoms with van der Waals surface area (Å²) in [4.78, 5) is 11.8. The van der Waals surface area contributed by atoms with Gasteiger partial charge in [-0.05, 0) is 56.3 Å². The Hall–Kier alpha value is 0.340. The molecule has 4 aliphatic rings.